The Morgan fingerprint density at radius 2 is 2.06 bits per heavy atom. The number of nitriles is 1. The molecule has 0 unspecified atom stereocenters. The van der Waals surface area contributed by atoms with Crippen molar-refractivity contribution < 1.29 is 9.90 Å². The maximum Gasteiger partial charge on any atom is 0.348 e. The number of rotatable bonds is 3. The fraction of sp³-hybridized carbons (Fsp3) is 0. The standard InChI is InChI=1S/C12H9N3O2S/c13-6-8-9(14)10(12(16)17)18-11(8)15-7-4-2-1-3-5-7/h1-5,15H,14H2,(H,16,17). The summed E-state index contributed by atoms with van der Waals surface area (Å²) in [6.45, 7) is 0. The van der Waals surface area contributed by atoms with E-state index in [1.807, 2.05) is 36.4 Å². The van der Waals surface area contributed by atoms with Crippen molar-refractivity contribution in [2.45, 2.75) is 0 Å². The molecule has 2 rings (SSSR count). The number of carboxylic acid groups (broad SMARTS) is 1. The van der Waals surface area contributed by atoms with Gasteiger partial charge in [-0.3, -0.25) is 0 Å². The summed E-state index contributed by atoms with van der Waals surface area (Å²) in [6, 6.07) is 11.1. The fourth-order valence-corrected chi connectivity index (χ4v) is 2.38. The molecule has 0 amide bonds. The number of para-hydroxylation sites is 1. The van der Waals surface area contributed by atoms with Crippen molar-refractivity contribution in [2.75, 3.05) is 11.1 Å². The van der Waals surface area contributed by atoms with Crippen LogP contribution in [0.4, 0.5) is 16.4 Å². The molecule has 0 saturated carbocycles. The lowest BCUT2D eigenvalue weighted by Gasteiger charge is -2.03. The second kappa shape index (κ2) is 4.77. The molecule has 1 aromatic carbocycles. The third kappa shape index (κ3) is 2.12. The van der Waals surface area contributed by atoms with Gasteiger partial charge in [-0.25, -0.2) is 4.79 Å². The van der Waals surface area contributed by atoms with E-state index in [1.165, 1.54) is 0 Å². The highest BCUT2D eigenvalue weighted by Gasteiger charge is 2.20. The van der Waals surface area contributed by atoms with E-state index in [2.05, 4.69) is 5.32 Å². The lowest BCUT2D eigenvalue weighted by Crippen LogP contribution is -1.98. The molecule has 0 aliphatic rings. The second-order valence-electron chi connectivity index (χ2n) is 3.46. The molecular formula is C12H9N3O2S. The van der Waals surface area contributed by atoms with Crippen LogP contribution in [0, 0.1) is 11.3 Å². The van der Waals surface area contributed by atoms with Gasteiger partial charge < -0.3 is 16.2 Å². The summed E-state index contributed by atoms with van der Waals surface area (Å²) in [6.07, 6.45) is 0. The van der Waals surface area contributed by atoms with Crippen LogP contribution in [-0.2, 0) is 0 Å². The number of nitrogens with zero attached hydrogens (tertiary/aromatic N) is 1. The molecule has 0 fully saturated rings. The maximum absolute atomic E-state index is 10.9. The number of anilines is 3. The normalized spacial score (nSPS) is 9.72. The van der Waals surface area contributed by atoms with Gasteiger partial charge in [0, 0.05) is 5.69 Å². The number of nitrogens with one attached hydrogen (secondary N) is 1. The Bertz CT molecular complexity index is 629. The van der Waals surface area contributed by atoms with Gasteiger partial charge in [-0.15, -0.1) is 11.3 Å². The molecule has 0 spiro atoms. The first kappa shape index (κ1) is 12.0. The molecule has 90 valence electrons. The highest BCUT2D eigenvalue weighted by Crippen LogP contribution is 2.36. The molecule has 2 aromatic rings. The van der Waals surface area contributed by atoms with Crippen molar-refractivity contribution in [3.8, 4) is 6.07 Å². The number of hydrogen-bond acceptors (Lipinski definition) is 5. The van der Waals surface area contributed by atoms with Gasteiger partial charge in [0.05, 0.1) is 5.69 Å². The van der Waals surface area contributed by atoms with Gasteiger partial charge in [-0.2, -0.15) is 5.26 Å². The minimum Gasteiger partial charge on any atom is -0.477 e. The Labute approximate surface area is 107 Å². The Morgan fingerprint density at radius 1 is 1.39 bits per heavy atom. The molecular weight excluding hydrogens is 250 g/mol. The third-order valence-corrected chi connectivity index (χ3v) is 3.39. The van der Waals surface area contributed by atoms with E-state index < -0.39 is 5.97 Å². The molecule has 1 heterocycles. The predicted molar refractivity (Wildman–Crippen MR) is 70.1 cm³/mol. The molecule has 6 heteroatoms. The summed E-state index contributed by atoms with van der Waals surface area (Å²) in [7, 11) is 0. The zero-order valence-corrected chi connectivity index (χ0v) is 9.99. The van der Waals surface area contributed by atoms with Crippen LogP contribution in [0.15, 0.2) is 30.3 Å². The summed E-state index contributed by atoms with van der Waals surface area (Å²) in [5.41, 5.74) is 6.58. The van der Waals surface area contributed by atoms with Crippen LogP contribution >= 0.6 is 11.3 Å². The van der Waals surface area contributed by atoms with Gasteiger partial charge in [-0.05, 0) is 12.1 Å². The van der Waals surface area contributed by atoms with Gasteiger partial charge in [-0.1, -0.05) is 18.2 Å². The number of thiophene rings is 1. The summed E-state index contributed by atoms with van der Waals surface area (Å²) >= 11 is 0.955. The average molecular weight is 259 g/mol. The van der Waals surface area contributed by atoms with Crippen LogP contribution in [0.1, 0.15) is 15.2 Å². The van der Waals surface area contributed by atoms with Crippen molar-refractivity contribution in [1.82, 2.24) is 0 Å². The molecule has 18 heavy (non-hydrogen) atoms. The van der Waals surface area contributed by atoms with Crippen molar-refractivity contribution >= 4 is 33.7 Å². The fourth-order valence-electron chi connectivity index (χ4n) is 1.45. The van der Waals surface area contributed by atoms with Gasteiger partial charge in [0.2, 0.25) is 0 Å². The van der Waals surface area contributed by atoms with Gasteiger partial charge in [0.1, 0.15) is 21.5 Å². The van der Waals surface area contributed by atoms with Crippen LogP contribution in [0.5, 0.6) is 0 Å². The largest absolute Gasteiger partial charge is 0.477 e. The van der Waals surface area contributed by atoms with Crippen LogP contribution in [0.3, 0.4) is 0 Å². The first-order chi connectivity index (χ1) is 8.63. The highest BCUT2D eigenvalue weighted by molar-refractivity contribution is 7.18. The molecule has 0 atom stereocenters. The van der Waals surface area contributed by atoms with E-state index in [-0.39, 0.29) is 16.1 Å². The van der Waals surface area contributed by atoms with E-state index in [4.69, 9.17) is 16.1 Å². The first-order valence-electron chi connectivity index (χ1n) is 5.01. The molecule has 0 radical (unpaired) electrons. The average Bonchev–Trinajstić information content (AvgIpc) is 2.67. The summed E-state index contributed by atoms with van der Waals surface area (Å²) < 4.78 is 0. The van der Waals surface area contributed by atoms with E-state index in [1.54, 1.807) is 0 Å². The summed E-state index contributed by atoms with van der Waals surface area (Å²) in [5, 5.41) is 21.4. The minimum absolute atomic E-state index is 0.00781. The number of carbonyl (C=O) groups is 1. The SMILES string of the molecule is N#Cc1c(Nc2ccccc2)sc(C(=O)O)c1N. The number of hydrogen-bond donors (Lipinski definition) is 3. The monoisotopic (exact) mass is 259 g/mol. The van der Waals surface area contributed by atoms with Crippen LogP contribution in [-0.4, -0.2) is 11.1 Å². The summed E-state index contributed by atoms with van der Waals surface area (Å²) in [4.78, 5) is 10.9. The third-order valence-electron chi connectivity index (χ3n) is 2.28. The Balaban J connectivity index is 2.43. The molecule has 0 aliphatic carbocycles. The zero-order chi connectivity index (χ0) is 13.1. The Morgan fingerprint density at radius 3 is 2.61 bits per heavy atom. The van der Waals surface area contributed by atoms with E-state index in [9.17, 15) is 4.79 Å². The molecule has 0 saturated heterocycles. The van der Waals surface area contributed by atoms with Crippen molar-refractivity contribution in [2.24, 2.45) is 0 Å². The van der Waals surface area contributed by atoms with E-state index in [0.29, 0.717) is 5.00 Å². The number of carboxylic acids is 1. The van der Waals surface area contributed by atoms with Crippen molar-refractivity contribution in [3.05, 3.63) is 40.8 Å². The van der Waals surface area contributed by atoms with Crippen LogP contribution in [0.2, 0.25) is 0 Å². The van der Waals surface area contributed by atoms with E-state index >= 15 is 0 Å². The molecule has 5 nitrogen and oxygen atoms in total. The lowest BCUT2D eigenvalue weighted by molar-refractivity contribution is 0.0703. The van der Waals surface area contributed by atoms with Crippen molar-refractivity contribution in [1.29, 1.82) is 5.26 Å². The van der Waals surface area contributed by atoms with Gasteiger partial charge in [0.15, 0.2) is 0 Å². The highest BCUT2D eigenvalue weighted by atomic mass is 32.1. The van der Waals surface area contributed by atoms with Crippen LogP contribution < -0.4 is 11.1 Å². The maximum atomic E-state index is 10.9. The lowest BCUT2D eigenvalue weighted by atomic mass is 10.2. The van der Waals surface area contributed by atoms with Crippen molar-refractivity contribution in [3.63, 3.8) is 0 Å². The Hall–Kier alpha value is -2.52. The number of aromatic carboxylic acids is 1. The second-order valence-corrected chi connectivity index (χ2v) is 4.48. The molecule has 0 bridgehead atoms. The zero-order valence-electron chi connectivity index (χ0n) is 9.18. The van der Waals surface area contributed by atoms with Gasteiger partial charge >= 0.3 is 5.97 Å². The topological polar surface area (TPSA) is 99.1 Å². The van der Waals surface area contributed by atoms with Crippen LogP contribution in [0.25, 0.3) is 0 Å². The van der Waals surface area contributed by atoms with Gasteiger partial charge in [0.25, 0.3) is 0 Å². The number of nitrogens with two attached hydrogens (primary N) is 1. The minimum atomic E-state index is -1.13. The molecule has 4 N–H and O–H groups in total. The van der Waals surface area contributed by atoms with E-state index in [0.717, 1.165) is 17.0 Å². The number of nitrogen functional groups attached to an aromatic ring is 1. The number of benzene rings is 1. The molecule has 1 aromatic heterocycles. The predicted octanol–water partition coefficient (Wildman–Crippen LogP) is 2.64. The molecule has 0 aliphatic heterocycles. The summed E-state index contributed by atoms with van der Waals surface area (Å²) in [5.74, 6) is -1.13. The Kier molecular flexibility index (Phi) is 3.17. The quantitative estimate of drug-likeness (QED) is 0.786. The first-order valence-corrected chi connectivity index (χ1v) is 5.83. The smallest absolute Gasteiger partial charge is 0.348 e.